The Labute approximate surface area is 206 Å². The van der Waals surface area contributed by atoms with Crippen molar-refractivity contribution in [2.45, 2.75) is 12.8 Å². The van der Waals surface area contributed by atoms with Gasteiger partial charge in [-0.2, -0.15) is 0 Å². The predicted octanol–water partition coefficient (Wildman–Crippen LogP) is 4.79. The number of nitrogens with zero attached hydrogens (tertiary/aromatic N) is 3. The Morgan fingerprint density at radius 1 is 1.03 bits per heavy atom. The van der Waals surface area contributed by atoms with Gasteiger partial charge in [0.25, 0.3) is 5.91 Å². The maximum absolute atomic E-state index is 12.5. The standard InChI is InChI=1S/C25H22ClN5O4/c26-18-4-1-3-17(13-18)25(33)27-19-5-2-6-20(14-19)35-23-8-7-22-28-21(15-31(22)30-23)29-24(32)16-9-11-34-12-10-16/h1-8,13-16H,9-12H2,(H,27,33)(H,29,32). The first-order valence-corrected chi connectivity index (χ1v) is 11.5. The van der Waals surface area contributed by atoms with Crippen molar-refractivity contribution in [2.75, 3.05) is 23.8 Å². The number of imidazole rings is 1. The number of anilines is 2. The molecule has 0 bridgehead atoms. The molecule has 2 N–H and O–H groups in total. The van der Waals surface area contributed by atoms with Crippen LogP contribution in [-0.2, 0) is 9.53 Å². The topological polar surface area (TPSA) is 107 Å². The van der Waals surface area contributed by atoms with E-state index >= 15 is 0 Å². The average molecular weight is 492 g/mol. The van der Waals surface area contributed by atoms with E-state index in [4.69, 9.17) is 21.1 Å². The van der Waals surface area contributed by atoms with Crippen molar-refractivity contribution in [3.8, 4) is 11.6 Å². The van der Waals surface area contributed by atoms with Gasteiger partial charge in [0.1, 0.15) is 5.75 Å². The van der Waals surface area contributed by atoms with Gasteiger partial charge in [-0.3, -0.25) is 9.59 Å². The molecule has 0 radical (unpaired) electrons. The normalized spacial score (nSPS) is 14.0. The van der Waals surface area contributed by atoms with E-state index in [1.54, 1.807) is 71.4 Å². The van der Waals surface area contributed by atoms with Crippen LogP contribution in [0.1, 0.15) is 23.2 Å². The number of ether oxygens (including phenoxy) is 2. The second kappa shape index (κ2) is 10.1. The van der Waals surface area contributed by atoms with E-state index in [1.165, 1.54) is 0 Å². The molecule has 0 saturated carbocycles. The molecule has 2 amide bonds. The minimum atomic E-state index is -0.280. The molecule has 1 saturated heterocycles. The first-order valence-electron chi connectivity index (χ1n) is 11.1. The molecule has 178 valence electrons. The molecule has 5 rings (SSSR count). The van der Waals surface area contributed by atoms with E-state index in [1.807, 2.05) is 0 Å². The molecular weight excluding hydrogens is 470 g/mol. The number of rotatable bonds is 6. The zero-order valence-corrected chi connectivity index (χ0v) is 19.4. The Balaban J connectivity index is 1.26. The molecule has 0 atom stereocenters. The lowest BCUT2D eigenvalue weighted by atomic mass is 10.00. The number of benzene rings is 2. The van der Waals surface area contributed by atoms with Gasteiger partial charge >= 0.3 is 0 Å². The summed E-state index contributed by atoms with van der Waals surface area (Å²) in [5.74, 6) is 0.830. The van der Waals surface area contributed by atoms with E-state index in [-0.39, 0.29) is 17.7 Å². The Morgan fingerprint density at radius 3 is 2.69 bits per heavy atom. The van der Waals surface area contributed by atoms with Crippen LogP contribution in [0, 0.1) is 5.92 Å². The van der Waals surface area contributed by atoms with E-state index in [0.717, 1.165) is 0 Å². The first-order chi connectivity index (χ1) is 17.0. The number of amides is 2. The summed E-state index contributed by atoms with van der Waals surface area (Å²) < 4.78 is 12.7. The molecule has 3 heterocycles. The molecular formula is C25H22ClN5O4. The predicted molar refractivity (Wildman–Crippen MR) is 131 cm³/mol. The quantitative estimate of drug-likeness (QED) is 0.401. The summed E-state index contributed by atoms with van der Waals surface area (Å²) in [6.07, 6.45) is 3.04. The molecule has 2 aromatic heterocycles. The number of halogens is 1. The van der Waals surface area contributed by atoms with Gasteiger partial charge in [0.15, 0.2) is 11.5 Å². The maximum Gasteiger partial charge on any atom is 0.255 e. The molecule has 0 spiro atoms. The Bertz CT molecular complexity index is 1380. The third kappa shape index (κ3) is 5.59. The van der Waals surface area contributed by atoms with E-state index < -0.39 is 0 Å². The van der Waals surface area contributed by atoms with Gasteiger partial charge in [0, 0.05) is 47.5 Å². The number of carbonyl (C=O) groups is 2. The zero-order valence-electron chi connectivity index (χ0n) is 18.6. The number of nitrogens with one attached hydrogen (secondary N) is 2. The van der Waals surface area contributed by atoms with Crippen LogP contribution >= 0.6 is 11.6 Å². The summed E-state index contributed by atoms with van der Waals surface area (Å²) in [5.41, 5.74) is 1.59. The lowest BCUT2D eigenvalue weighted by Crippen LogP contribution is -2.28. The first kappa shape index (κ1) is 22.8. The van der Waals surface area contributed by atoms with Gasteiger partial charge in [-0.25, -0.2) is 9.50 Å². The molecule has 1 aliphatic heterocycles. The van der Waals surface area contributed by atoms with Crippen molar-refractivity contribution < 1.29 is 19.1 Å². The van der Waals surface area contributed by atoms with Crippen molar-refractivity contribution in [1.82, 2.24) is 14.6 Å². The summed E-state index contributed by atoms with van der Waals surface area (Å²) in [6, 6.07) is 17.1. The molecule has 1 fully saturated rings. The number of hydrogen-bond acceptors (Lipinski definition) is 6. The molecule has 0 aliphatic carbocycles. The monoisotopic (exact) mass is 491 g/mol. The summed E-state index contributed by atoms with van der Waals surface area (Å²) in [7, 11) is 0. The molecule has 0 unspecified atom stereocenters. The minimum absolute atomic E-state index is 0.0650. The van der Waals surface area contributed by atoms with E-state index in [2.05, 4.69) is 20.7 Å². The zero-order chi connectivity index (χ0) is 24.2. The Kier molecular flexibility index (Phi) is 6.60. The highest BCUT2D eigenvalue weighted by atomic mass is 35.5. The molecule has 10 heteroatoms. The second-order valence-corrected chi connectivity index (χ2v) is 8.51. The Hall–Kier alpha value is -3.95. The van der Waals surface area contributed by atoms with Crippen LogP contribution in [0.25, 0.3) is 5.65 Å². The van der Waals surface area contributed by atoms with Crippen molar-refractivity contribution in [3.63, 3.8) is 0 Å². The van der Waals surface area contributed by atoms with E-state index in [0.29, 0.717) is 65.4 Å². The highest BCUT2D eigenvalue weighted by Crippen LogP contribution is 2.24. The lowest BCUT2D eigenvalue weighted by molar-refractivity contribution is -0.122. The van der Waals surface area contributed by atoms with Gasteiger partial charge in [0.2, 0.25) is 11.8 Å². The molecule has 4 aromatic rings. The summed E-state index contributed by atoms with van der Waals surface area (Å²) in [4.78, 5) is 29.4. The van der Waals surface area contributed by atoms with Crippen LogP contribution in [0.2, 0.25) is 5.02 Å². The number of hydrogen-bond donors (Lipinski definition) is 2. The van der Waals surface area contributed by atoms with Gasteiger partial charge in [-0.1, -0.05) is 23.7 Å². The minimum Gasteiger partial charge on any atom is -0.438 e. The third-order valence-corrected chi connectivity index (χ3v) is 5.78. The number of carbonyl (C=O) groups excluding carboxylic acids is 2. The van der Waals surface area contributed by atoms with Crippen molar-refractivity contribution in [3.05, 3.63) is 77.4 Å². The summed E-state index contributed by atoms with van der Waals surface area (Å²) in [5, 5.41) is 10.6. The van der Waals surface area contributed by atoms with Crippen LogP contribution in [0.3, 0.4) is 0 Å². The third-order valence-electron chi connectivity index (χ3n) is 5.54. The Morgan fingerprint density at radius 2 is 1.86 bits per heavy atom. The number of aromatic nitrogens is 3. The highest BCUT2D eigenvalue weighted by molar-refractivity contribution is 6.31. The molecule has 1 aliphatic rings. The van der Waals surface area contributed by atoms with Gasteiger partial charge in [-0.05, 0) is 49.2 Å². The van der Waals surface area contributed by atoms with Gasteiger partial charge in [-0.15, -0.1) is 5.10 Å². The summed E-state index contributed by atoms with van der Waals surface area (Å²) in [6.45, 7) is 1.19. The maximum atomic E-state index is 12.5. The van der Waals surface area contributed by atoms with Crippen molar-refractivity contribution >= 4 is 40.6 Å². The fourth-order valence-corrected chi connectivity index (χ4v) is 3.95. The fraction of sp³-hybridized carbons (Fsp3) is 0.200. The smallest absolute Gasteiger partial charge is 0.255 e. The van der Waals surface area contributed by atoms with Crippen molar-refractivity contribution in [1.29, 1.82) is 0 Å². The molecule has 35 heavy (non-hydrogen) atoms. The molecule has 2 aromatic carbocycles. The van der Waals surface area contributed by atoms with Crippen LogP contribution in [0.15, 0.2) is 66.9 Å². The fourth-order valence-electron chi connectivity index (χ4n) is 3.76. The van der Waals surface area contributed by atoms with Crippen molar-refractivity contribution in [2.24, 2.45) is 5.92 Å². The average Bonchev–Trinajstić information content (AvgIpc) is 3.26. The van der Waals surface area contributed by atoms with Crippen LogP contribution in [-0.4, -0.2) is 39.6 Å². The summed E-state index contributed by atoms with van der Waals surface area (Å²) >= 11 is 5.97. The molecule has 9 nitrogen and oxygen atoms in total. The van der Waals surface area contributed by atoms with Crippen LogP contribution in [0.5, 0.6) is 11.6 Å². The SMILES string of the molecule is O=C(Nc1cccc(Oc2ccc3nc(NC(=O)C4CCOCC4)cn3n2)c1)c1cccc(Cl)c1. The van der Waals surface area contributed by atoms with E-state index in [9.17, 15) is 9.59 Å². The second-order valence-electron chi connectivity index (χ2n) is 8.07. The van der Waals surface area contributed by atoms with Gasteiger partial charge < -0.3 is 20.1 Å². The van der Waals surface area contributed by atoms with Crippen LogP contribution in [0.4, 0.5) is 11.5 Å². The number of fused-ring (bicyclic) bond motifs is 1. The lowest BCUT2D eigenvalue weighted by Gasteiger charge is -2.20. The van der Waals surface area contributed by atoms with Crippen LogP contribution < -0.4 is 15.4 Å². The van der Waals surface area contributed by atoms with Gasteiger partial charge in [0.05, 0.1) is 6.20 Å². The highest BCUT2D eigenvalue weighted by Gasteiger charge is 2.22. The largest absolute Gasteiger partial charge is 0.438 e.